The molecule has 7 nitrogen and oxygen atoms in total. The summed E-state index contributed by atoms with van der Waals surface area (Å²) in [6.45, 7) is 0. The van der Waals surface area contributed by atoms with Gasteiger partial charge in [-0.3, -0.25) is 9.65 Å². The number of anilines is 1. The molecule has 0 saturated carbocycles. The van der Waals surface area contributed by atoms with Crippen LogP contribution in [0, 0.1) is 0 Å². The number of nitrogens with two attached hydrogens (primary N) is 1. The Labute approximate surface area is 70.0 Å². The summed E-state index contributed by atoms with van der Waals surface area (Å²) in [7, 11) is 0. The summed E-state index contributed by atoms with van der Waals surface area (Å²) in [6.07, 6.45) is 1.33. The molecule has 0 aliphatic heterocycles. The number of nitrogens with one attached hydrogen (secondary N) is 1. The van der Waals surface area contributed by atoms with Gasteiger partial charge in [0, 0.05) is 6.07 Å². The predicted molar refractivity (Wildman–Crippen MR) is 41.4 cm³/mol. The average Bonchev–Trinajstić information content (AvgIpc) is 2.37. The van der Waals surface area contributed by atoms with E-state index in [1.54, 1.807) is 0 Å². The molecule has 1 aromatic rings. The van der Waals surface area contributed by atoms with E-state index in [2.05, 4.69) is 10.2 Å². The van der Waals surface area contributed by atoms with Gasteiger partial charge in [0.15, 0.2) is 0 Å². The fourth-order valence-electron chi connectivity index (χ4n) is 0.641. The van der Waals surface area contributed by atoms with Crippen LogP contribution in [0.15, 0.2) is 12.3 Å². The van der Waals surface area contributed by atoms with E-state index in [4.69, 9.17) is 10.3 Å². The molecule has 0 saturated heterocycles. The van der Waals surface area contributed by atoms with Gasteiger partial charge in [-0.05, 0) is 0 Å². The molecule has 1 rings (SSSR count). The number of nitrogens with zero attached hydrogens (tertiary/aromatic N) is 2. The molecular formula is C4H6N4O3S. The van der Waals surface area contributed by atoms with E-state index in [0.717, 1.165) is 0 Å². The van der Waals surface area contributed by atoms with Crippen LogP contribution in [0.5, 0.6) is 0 Å². The molecule has 4 N–H and O–H groups in total. The van der Waals surface area contributed by atoms with E-state index in [1.165, 1.54) is 12.3 Å². The third-order valence-corrected chi connectivity index (χ3v) is 1.75. The molecule has 66 valence electrons. The minimum atomic E-state index is -2.48. The number of aromatic nitrogens is 2. The van der Waals surface area contributed by atoms with Crippen LogP contribution in [0.3, 0.4) is 0 Å². The molecule has 0 radical (unpaired) electrons. The molecule has 2 amide bonds. The minimum absolute atomic E-state index is 0.0725. The Balaban J connectivity index is 2.96. The second kappa shape index (κ2) is 3.32. The first kappa shape index (κ1) is 8.68. The summed E-state index contributed by atoms with van der Waals surface area (Å²) in [5.74, 6) is 0.0725. The number of primary amides is 1. The third-order valence-electron chi connectivity index (χ3n) is 1.06. The van der Waals surface area contributed by atoms with Crippen LogP contribution in [-0.4, -0.2) is 25.0 Å². The molecule has 0 fully saturated rings. The zero-order chi connectivity index (χ0) is 9.14. The van der Waals surface area contributed by atoms with Crippen molar-refractivity contribution in [2.45, 2.75) is 0 Å². The van der Waals surface area contributed by atoms with Crippen LogP contribution in [-0.2, 0) is 11.3 Å². The van der Waals surface area contributed by atoms with Crippen molar-refractivity contribution in [1.29, 1.82) is 0 Å². The molecule has 0 bridgehead atoms. The molecular weight excluding hydrogens is 184 g/mol. The molecule has 8 heteroatoms. The smallest absolute Gasteiger partial charge is 0.334 e. The topological polar surface area (TPSA) is 112 Å². The normalized spacial score (nSPS) is 12.4. The first-order valence-electron chi connectivity index (χ1n) is 2.83. The molecule has 1 unspecified atom stereocenters. The summed E-state index contributed by atoms with van der Waals surface area (Å²) in [5.41, 5.74) is 4.81. The summed E-state index contributed by atoms with van der Waals surface area (Å²) in [5, 5.41) is 5.81. The van der Waals surface area contributed by atoms with Gasteiger partial charge >= 0.3 is 6.03 Å². The van der Waals surface area contributed by atoms with Crippen LogP contribution in [0.2, 0.25) is 0 Å². The van der Waals surface area contributed by atoms with Crippen molar-refractivity contribution >= 4 is 23.1 Å². The molecule has 12 heavy (non-hydrogen) atoms. The Morgan fingerprint density at radius 2 is 2.50 bits per heavy atom. The van der Waals surface area contributed by atoms with E-state index in [-0.39, 0.29) is 5.82 Å². The fraction of sp³-hybridized carbons (Fsp3) is 0. The number of hydrogen-bond donors (Lipinski definition) is 3. The standard InChI is InChI=1S/C4H6N4O3S/c5-4(9)8(12(10)11)3-1-2-6-7-3/h1-2H,(H2,5,9)(H,6,7)(H,10,11). The van der Waals surface area contributed by atoms with E-state index in [9.17, 15) is 9.00 Å². The molecule has 1 atom stereocenters. The number of carbonyl (C=O) groups is 1. The molecule has 1 aromatic heterocycles. The number of aromatic amines is 1. The second-order valence-corrected chi connectivity index (χ2v) is 2.63. The van der Waals surface area contributed by atoms with Crippen molar-refractivity contribution in [3.05, 3.63) is 12.3 Å². The van der Waals surface area contributed by atoms with Gasteiger partial charge in [-0.15, -0.1) is 0 Å². The fourth-order valence-corrected chi connectivity index (χ4v) is 1.07. The first-order valence-corrected chi connectivity index (χ1v) is 3.89. The van der Waals surface area contributed by atoms with Crippen LogP contribution in [0.25, 0.3) is 0 Å². The monoisotopic (exact) mass is 190 g/mol. The average molecular weight is 190 g/mol. The van der Waals surface area contributed by atoms with E-state index < -0.39 is 17.3 Å². The SMILES string of the molecule is NC(=O)N(c1ccn[nH]1)S(=O)O. The maximum atomic E-state index is 10.6. The lowest BCUT2D eigenvalue weighted by molar-refractivity contribution is 0.256. The lowest BCUT2D eigenvalue weighted by atomic mass is 10.6. The van der Waals surface area contributed by atoms with Crippen molar-refractivity contribution < 1.29 is 13.6 Å². The van der Waals surface area contributed by atoms with E-state index >= 15 is 0 Å². The molecule has 0 aromatic carbocycles. The zero-order valence-corrected chi connectivity index (χ0v) is 6.61. The highest BCUT2D eigenvalue weighted by Crippen LogP contribution is 2.09. The van der Waals surface area contributed by atoms with Gasteiger partial charge in [0.1, 0.15) is 5.82 Å². The van der Waals surface area contributed by atoms with Crippen molar-refractivity contribution in [3.63, 3.8) is 0 Å². The number of H-pyrrole nitrogens is 1. The highest BCUT2D eigenvalue weighted by molar-refractivity contribution is 7.81. The quantitative estimate of drug-likeness (QED) is 0.542. The van der Waals surface area contributed by atoms with Crippen molar-refractivity contribution in [1.82, 2.24) is 10.2 Å². The number of urea groups is 1. The summed E-state index contributed by atoms with van der Waals surface area (Å²) in [6, 6.07) is 0.318. The summed E-state index contributed by atoms with van der Waals surface area (Å²) < 4.78 is 19.6. The zero-order valence-electron chi connectivity index (χ0n) is 5.80. The van der Waals surface area contributed by atoms with E-state index in [0.29, 0.717) is 4.31 Å². The van der Waals surface area contributed by atoms with E-state index in [1.807, 2.05) is 0 Å². The number of hydrogen-bond acceptors (Lipinski definition) is 3. The van der Waals surface area contributed by atoms with Crippen LogP contribution in [0.1, 0.15) is 0 Å². The Bertz CT molecular complexity index is 283. The molecule has 0 spiro atoms. The summed E-state index contributed by atoms with van der Waals surface area (Å²) in [4.78, 5) is 10.6. The van der Waals surface area contributed by atoms with Gasteiger partial charge in [-0.1, -0.05) is 0 Å². The lowest BCUT2D eigenvalue weighted by Crippen LogP contribution is -2.37. The van der Waals surface area contributed by atoms with Gasteiger partial charge in [-0.2, -0.15) is 9.40 Å². The van der Waals surface area contributed by atoms with Gasteiger partial charge in [0.25, 0.3) is 11.3 Å². The van der Waals surface area contributed by atoms with Crippen molar-refractivity contribution in [2.75, 3.05) is 4.31 Å². The second-order valence-electron chi connectivity index (χ2n) is 1.81. The Kier molecular flexibility index (Phi) is 2.41. The Hall–Kier alpha value is -1.41. The Morgan fingerprint density at radius 3 is 2.83 bits per heavy atom. The molecule has 0 aliphatic carbocycles. The van der Waals surface area contributed by atoms with Crippen LogP contribution < -0.4 is 10.0 Å². The highest BCUT2D eigenvalue weighted by Gasteiger charge is 2.18. The number of carbonyl (C=O) groups excluding carboxylic acids is 1. The molecule has 1 heterocycles. The highest BCUT2D eigenvalue weighted by atomic mass is 32.2. The molecule has 0 aliphatic rings. The predicted octanol–water partition coefficient (Wildman–Crippen LogP) is -0.568. The first-order chi connectivity index (χ1) is 5.63. The van der Waals surface area contributed by atoms with Crippen LogP contribution >= 0.6 is 0 Å². The third kappa shape index (κ3) is 1.60. The van der Waals surface area contributed by atoms with Gasteiger partial charge in [0.05, 0.1) is 6.20 Å². The van der Waals surface area contributed by atoms with Crippen molar-refractivity contribution in [2.24, 2.45) is 5.73 Å². The summed E-state index contributed by atoms with van der Waals surface area (Å²) >= 11 is -2.48. The lowest BCUT2D eigenvalue weighted by Gasteiger charge is -2.11. The minimum Gasteiger partial charge on any atom is -0.350 e. The van der Waals surface area contributed by atoms with Crippen molar-refractivity contribution in [3.8, 4) is 0 Å². The van der Waals surface area contributed by atoms with Gasteiger partial charge < -0.3 is 5.73 Å². The Morgan fingerprint density at radius 1 is 1.83 bits per heavy atom. The largest absolute Gasteiger partial charge is 0.350 e. The number of rotatable bonds is 2. The number of amides is 2. The van der Waals surface area contributed by atoms with Gasteiger partial charge in [0.2, 0.25) is 0 Å². The maximum absolute atomic E-state index is 10.6. The van der Waals surface area contributed by atoms with Gasteiger partial charge in [-0.25, -0.2) is 9.00 Å². The maximum Gasteiger partial charge on any atom is 0.334 e. The van der Waals surface area contributed by atoms with Crippen LogP contribution in [0.4, 0.5) is 10.6 Å².